The van der Waals surface area contributed by atoms with Crippen molar-refractivity contribution in [2.24, 2.45) is 23.6 Å². The summed E-state index contributed by atoms with van der Waals surface area (Å²) in [5.41, 5.74) is 3.08. The second-order valence-corrected chi connectivity index (χ2v) is 6.12. The monoisotopic (exact) mass is 255 g/mol. The molecular weight excluding hydrogens is 222 g/mol. The molecule has 18 heavy (non-hydrogen) atoms. The molecule has 0 amide bonds. The van der Waals surface area contributed by atoms with Crippen molar-refractivity contribution in [3.63, 3.8) is 0 Å². The molecule has 3 N–H and O–H groups in total. The van der Waals surface area contributed by atoms with Gasteiger partial charge in [-0.1, -0.05) is 34.1 Å². The van der Waals surface area contributed by atoms with Crippen LogP contribution in [0.1, 0.15) is 53.4 Å². The van der Waals surface area contributed by atoms with Gasteiger partial charge >= 0.3 is 0 Å². The molecule has 0 saturated heterocycles. The maximum absolute atomic E-state index is 5.78. The molecule has 108 valence electrons. The second-order valence-electron chi connectivity index (χ2n) is 6.12. The van der Waals surface area contributed by atoms with Gasteiger partial charge in [-0.15, -0.1) is 0 Å². The summed E-state index contributed by atoms with van der Waals surface area (Å²) in [5.74, 6) is 8.30. The second kappa shape index (κ2) is 8.13. The number of nitrogens with one attached hydrogen (secondary N) is 1. The van der Waals surface area contributed by atoms with E-state index < -0.39 is 0 Å². The predicted octanol–water partition coefficient (Wildman–Crippen LogP) is 2.62. The topological polar surface area (TPSA) is 41.3 Å². The first-order chi connectivity index (χ1) is 8.62. The Morgan fingerprint density at radius 2 is 1.83 bits per heavy atom. The Labute approximate surface area is 113 Å². The molecule has 0 aromatic heterocycles. The summed E-state index contributed by atoms with van der Waals surface area (Å²) in [7, 11) is 0. The van der Waals surface area contributed by atoms with Crippen molar-refractivity contribution >= 4 is 0 Å². The van der Waals surface area contributed by atoms with E-state index in [2.05, 4.69) is 38.0 Å². The number of nitrogens with two attached hydrogens (primary N) is 1. The van der Waals surface area contributed by atoms with Gasteiger partial charge in [-0.2, -0.15) is 0 Å². The van der Waals surface area contributed by atoms with Gasteiger partial charge < -0.3 is 4.90 Å². The van der Waals surface area contributed by atoms with Crippen molar-refractivity contribution in [2.75, 3.05) is 19.6 Å². The number of hydrogen-bond acceptors (Lipinski definition) is 3. The molecule has 1 rings (SSSR count). The Bertz CT molecular complexity index is 216. The first-order valence-corrected chi connectivity index (χ1v) is 7.80. The van der Waals surface area contributed by atoms with Gasteiger partial charge in [-0.25, -0.2) is 0 Å². The largest absolute Gasteiger partial charge is 0.304 e. The van der Waals surface area contributed by atoms with Crippen LogP contribution in [-0.2, 0) is 0 Å². The molecular formula is C15H33N3. The lowest BCUT2D eigenvalue weighted by Gasteiger charge is -2.37. The van der Waals surface area contributed by atoms with E-state index in [0.29, 0.717) is 6.04 Å². The van der Waals surface area contributed by atoms with Crippen molar-refractivity contribution < 1.29 is 0 Å². The Morgan fingerprint density at radius 3 is 2.33 bits per heavy atom. The molecule has 0 bridgehead atoms. The third kappa shape index (κ3) is 4.52. The van der Waals surface area contributed by atoms with Crippen molar-refractivity contribution in [1.82, 2.24) is 10.3 Å². The van der Waals surface area contributed by atoms with Gasteiger partial charge in [0.2, 0.25) is 0 Å². The van der Waals surface area contributed by atoms with Gasteiger partial charge in [0, 0.05) is 6.04 Å². The smallest absolute Gasteiger partial charge is 0.0251 e. The lowest BCUT2D eigenvalue weighted by Crippen LogP contribution is -2.45. The number of rotatable bonds is 7. The summed E-state index contributed by atoms with van der Waals surface area (Å²) >= 11 is 0. The molecule has 1 saturated carbocycles. The first-order valence-electron chi connectivity index (χ1n) is 7.80. The Balaban J connectivity index is 2.40. The summed E-state index contributed by atoms with van der Waals surface area (Å²) in [6.45, 7) is 12.7. The quantitative estimate of drug-likeness (QED) is 0.543. The van der Waals surface area contributed by atoms with Crippen LogP contribution < -0.4 is 11.3 Å². The number of nitrogens with zero attached hydrogens (tertiary/aromatic N) is 1. The maximum atomic E-state index is 5.78. The third-order valence-corrected chi connectivity index (χ3v) is 5.07. The minimum Gasteiger partial charge on any atom is -0.304 e. The highest BCUT2D eigenvalue weighted by Crippen LogP contribution is 2.35. The SMILES string of the molecule is CCN(CC)CCC(NN)C1CCC(C)C(C)C1. The van der Waals surface area contributed by atoms with E-state index in [4.69, 9.17) is 5.84 Å². The highest BCUT2D eigenvalue weighted by molar-refractivity contribution is 4.83. The fraction of sp³-hybridized carbons (Fsp3) is 1.00. The summed E-state index contributed by atoms with van der Waals surface area (Å²) in [5, 5.41) is 0. The zero-order valence-corrected chi connectivity index (χ0v) is 12.8. The minimum atomic E-state index is 0.501. The predicted molar refractivity (Wildman–Crippen MR) is 79.2 cm³/mol. The van der Waals surface area contributed by atoms with Crippen LogP contribution in [0.3, 0.4) is 0 Å². The van der Waals surface area contributed by atoms with E-state index in [1.54, 1.807) is 0 Å². The van der Waals surface area contributed by atoms with E-state index in [-0.39, 0.29) is 0 Å². The van der Waals surface area contributed by atoms with Crippen LogP contribution in [0.4, 0.5) is 0 Å². The molecule has 0 aromatic carbocycles. The lowest BCUT2D eigenvalue weighted by atomic mass is 9.73. The Morgan fingerprint density at radius 1 is 1.17 bits per heavy atom. The van der Waals surface area contributed by atoms with E-state index in [9.17, 15) is 0 Å². The Kier molecular flexibility index (Phi) is 7.20. The molecule has 4 unspecified atom stereocenters. The van der Waals surface area contributed by atoms with Crippen LogP contribution in [-0.4, -0.2) is 30.6 Å². The molecule has 1 aliphatic carbocycles. The molecule has 4 atom stereocenters. The molecule has 0 radical (unpaired) electrons. The van der Waals surface area contributed by atoms with Crippen molar-refractivity contribution in [1.29, 1.82) is 0 Å². The summed E-state index contributed by atoms with van der Waals surface area (Å²) in [6, 6.07) is 0.501. The fourth-order valence-corrected chi connectivity index (χ4v) is 3.27. The van der Waals surface area contributed by atoms with Crippen LogP contribution >= 0.6 is 0 Å². The number of hydrazine groups is 1. The van der Waals surface area contributed by atoms with E-state index >= 15 is 0 Å². The lowest BCUT2D eigenvalue weighted by molar-refractivity contribution is 0.157. The zero-order chi connectivity index (χ0) is 13.5. The van der Waals surface area contributed by atoms with Crippen molar-refractivity contribution in [3.8, 4) is 0 Å². The zero-order valence-electron chi connectivity index (χ0n) is 12.8. The normalized spacial score (nSPS) is 30.7. The Hall–Kier alpha value is -0.120. The summed E-state index contributed by atoms with van der Waals surface area (Å²) in [6.07, 6.45) is 5.24. The standard InChI is InChI=1S/C15H33N3/c1-5-18(6-2)10-9-15(17-16)14-8-7-12(3)13(4)11-14/h12-15,17H,5-11,16H2,1-4H3. The van der Waals surface area contributed by atoms with Crippen LogP contribution in [0.2, 0.25) is 0 Å². The van der Waals surface area contributed by atoms with Crippen LogP contribution in [0.25, 0.3) is 0 Å². The van der Waals surface area contributed by atoms with Gasteiger partial charge in [0.15, 0.2) is 0 Å². The number of hydrogen-bond donors (Lipinski definition) is 2. The molecule has 3 heteroatoms. The van der Waals surface area contributed by atoms with Gasteiger partial charge in [0.1, 0.15) is 0 Å². The van der Waals surface area contributed by atoms with Crippen LogP contribution in [0, 0.1) is 17.8 Å². The average molecular weight is 255 g/mol. The van der Waals surface area contributed by atoms with E-state index in [1.165, 1.54) is 32.2 Å². The molecule has 0 aliphatic heterocycles. The van der Waals surface area contributed by atoms with Gasteiger partial charge in [-0.3, -0.25) is 11.3 Å². The molecule has 1 fully saturated rings. The maximum Gasteiger partial charge on any atom is 0.0251 e. The van der Waals surface area contributed by atoms with Crippen LogP contribution in [0.5, 0.6) is 0 Å². The molecule has 0 heterocycles. The van der Waals surface area contributed by atoms with Gasteiger partial charge in [0.05, 0.1) is 0 Å². The molecule has 3 nitrogen and oxygen atoms in total. The minimum absolute atomic E-state index is 0.501. The molecule has 0 spiro atoms. The first kappa shape index (κ1) is 15.9. The average Bonchev–Trinajstić information content (AvgIpc) is 2.38. The van der Waals surface area contributed by atoms with E-state index in [0.717, 1.165) is 30.8 Å². The summed E-state index contributed by atoms with van der Waals surface area (Å²) < 4.78 is 0. The molecule has 1 aliphatic rings. The highest BCUT2D eigenvalue weighted by atomic mass is 15.2. The van der Waals surface area contributed by atoms with Gasteiger partial charge in [0.25, 0.3) is 0 Å². The van der Waals surface area contributed by atoms with Crippen LogP contribution in [0.15, 0.2) is 0 Å². The molecule has 0 aromatic rings. The summed E-state index contributed by atoms with van der Waals surface area (Å²) in [4.78, 5) is 2.49. The van der Waals surface area contributed by atoms with Crippen molar-refractivity contribution in [3.05, 3.63) is 0 Å². The fourth-order valence-electron chi connectivity index (χ4n) is 3.27. The van der Waals surface area contributed by atoms with Crippen molar-refractivity contribution in [2.45, 2.75) is 59.4 Å². The van der Waals surface area contributed by atoms with E-state index in [1.807, 2.05) is 0 Å². The van der Waals surface area contributed by atoms with Gasteiger partial charge in [-0.05, 0) is 56.7 Å². The highest BCUT2D eigenvalue weighted by Gasteiger charge is 2.29. The third-order valence-electron chi connectivity index (χ3n) is 5.07.